The SMILES string of the molecule is CCCN(CC(=O)O)CC(=O)NCc1cccc(COC)c1.Cl. The average molecular weight is 345 g/mol. The lowest BCUT2D eigenvalue weighted by Gasteiger charge is -2.18. The van der Waals surface area contributed by atoms with Gasteiger partial charge >= 0.3 is 5.97 Å². The predicted octanol–water partition coefficient (Wildman–Crippen LogP) is 1.67. The molecule has 0 aliphatic carbocycles. The molecule has 0 aliphatic heterocycles. The summed E-state index contributed by atoms with van der Waals surface area (Å²) in [6, 6.07) is 7.79. The van der Waals surface area contributed by atoms with Gasteiger partial charge in [-0.2, -0.15) is 0 Å². The molecule has 0 saturated carbocycles. The van der Waals surface area contributed by atoms with Gasteiger partial charge in [-0.3, -0.25) is 14.5 Å². The molecular formula is C16H25ClN2O4. The van der Waals surface area contributed by atoms with Gasteiger partial charge < -0.3 is 15.2 Å². The predicted molar refractivity (Wildman–Crippen MR) is 90.6 cm³/mol. The van der Waals surface area contributed by atoms with Crippen molar-refractivity contribution in [3.8, 4) is 0 Å². The summed E-state index contributed by atoms with van der Waals surface area (Å²) in [5.74, 6) is -1.10. The summed E-state index contributed by atoms with van der Waals surface area (Å²) in [7, 11) is 1.64. The van der Waals surface area contributed by atoms with Crippen LogP contribution in [0.1, 0.15) is 24.5 Å². The number of methoxy groups -OCH3 is 1. The number of rotatable bonds is 10. The maximum absolute atomic E-state index is 11.9. The lowest BCUT2D eigenvalue weighted by Crippen LogP contribution is -2.40. The summed E-state index contributed by atoms with van der Waals surface area (Å²) >= 11 is 0. The Morgan fingerprint density at radius 1 is 1.26 bits per heavy atom. The van der Waals surface area contributed by atoms with Crippen LogP contribution in [0.2, 0.25) is 0 Å². The number of carbonyl (C=O) groups is 2. The van der Waals surface area contributed by atoms with Crippen LogP contribution in [0.4, 0.5) is 0 Å². The van der Waals surface area contributed by atoms with Crippen molar-refractivity contribution in [1.29, 1.82) is 0 Å². The van der Waals surface area contributed by atoms with Crippen molar-refractivity contribution in [3.63, 3.8) is 0 Å². The van der Waals surface area contributed by atoms with E-state index in [0.29, 0.717) is 19.7 Å². The molecule has 23 heavy (non-hydrogen) atoms. The Labute approximate surface area is 143 Å². The first kappa shape index (κ1) is 21.4. The molecule has 1 rings (SSSR count). The molecule has 0 atom stereocenters. The second kappa shape index (κ2) is 11.9. The topological polar surface area (TPSA) is 78.9 Å². The maximum Gasteiger partial charge on any atom is 0.317 e. The number of amides is 1. The van der Waals surface area contributed by atoms with Crippen LogP contribution in [-0.2, 0) is 27.5 Å². The number of ether oxygens (including phenoxy) is 1. The van der Waals surface area contributed by atoms with E-state index in [1.54, 1.807) is 12.0 Å². The standard InChI is InChI=1S/C16H24N2O4.ClH/c1-3-7-18(11-16(20)21)10-15(19)17-9-13-5-4-6-14(8-13)12-22-2;/h4-6,8H,3,7,9-12H2,1-2H3,(H,17,19)(H,20,21);1H. The molecule has 130 valence electrons. The van der Waals surface area contributed by atoms with Gasteiger partial charge in [0.2, 0.25) is 5.91 Å². The number of halogens is 1. The van der Waals surface area contributed by atoms with E-state index in [0.717, 1.165) is 17.5 Å². The number of carbonyl (C=O) groups excluding carboxylic acids is 1. The Morgan fingerprint density at radius 2 is 1.96 bits per heavy atom. The number of hydrogen-bond donors (Lipinski definition) is 2. The number of carboxylic acids is 1. The third kappa shape index (κ3) is 9.18. The summed E-state index contributed by atoms with van der Waals surface area (Å²) in [5.41, 5.74) is 2.04. The molecule has 6 nitrogen and oxygen atoms in total. The van der Waals surface area contributed by atoms with Gasteiger partial charge in [0, 0.05) is 13.7 Å². The molecular weight excluding hydrogens is 320 g/mol. The van der Waals surface area contributed by atoms with E-state index >= 15 is 0 Å². The molecule has 0 bridgehead atoms. The van der Waals surface area contributed by atoms with Gasteiger partial charge in [0.05, 0.1) is 19.7 Å². The van der Waals surface area contributed by atoms with Crippen LogP contribution in [0.5, 0.6) is 0 Å². The molecule has 1 aromatic rings. The van der Waals surface area contributed by atoms with Crippen LogP contribution in [0, 0.1) is 0 Å². The van der Waals surface area contributed by atoms with Crippen LogP contribution in [0.15, 0.2) is 24.3 Å². The molecule has 0 radical (unpaired) electrons. The molecule has 7 heteroatoms. The van der Waals surface area contributed by atoms with Crippen molar-refractivity contribution < 1.29 is 19.4 Å². The van der Waals surface area contributed by atoms with Crippen LogP contribution in [-0.4, -0.2) is 48.6 Å². The molecule has 1 amide bonds. The van der Waals surface area contributed by atoms with E-state index in [9.17, 15) is 9.59 Å². The Hall–Kier alpha value is -1.63. The quantitative estimate of drug-likeness (QED) is 0.675. The van der Waals surface area contributed by atoms with E-state index in [-0.39, 0.29) is 31.4 Å². The average Bonchev–Trinajstić information content (AvgIpc) is 2.45. The Kier molecular flexibility index (Phi) is 11.0. The first-order chi connectivity index (χ1) is 10.5. The molecule has 0 saturated heterocycles. The zero-order chi connectivity index (χ0) is 16.4. The van der Waals surface area contributed by atoms with Crippen molar-refractivity contribution in [1.82, 2.24) is 10.2 Å². The van der Waals surface area contributed by atoms with Crippen molar-refractivity contribution in [2.45, 2.75) is 26.5 Å². The number of hydrogen-bond acceptors (Lipinski definition) is 4. The van der Waals surface area contributed by atoms with E-state index in [4.69, 9.17) is 9.84 Å². The highest BCUT2D eigenvalue weighted by Crippen LogP contribution is 2.06. The molecule has 0 heterocycles. The van der Waals surface area contributed by atoms with Crippen molar-refractivity contribution >= 4 is 24.3 Å². The fourth-order valence-corrected chi connectivity index (χ4v) is 2.18. The normalized spacial score (nSPS) is 10.2. The lowest BCUT2D eigenvalue weighted by atomic mass is 10.1. The molecule has 0 fully saturated rings. The zero-order valence-corrected chi connectivity index (χ0v) is 14.4. The van der Waals surface area contributed by atoms with Gasteiger partial charge in [-0.25, -0.2) is 0 Å². The highest BCUT2D eigenvalue weighted by molar-refractivity contribution is 5.85. The third-order valence-corrected chi connectivity index (χ3v) is 3.06. The van der Waals surface area contributed by atoms with Crippen LogP contribution >= 0.6 is 12.4 Å². The lowest BCUT2D eigenvalue weighted by molar-refractivity contribution is -0.138. The molecule has 0 spiro atoms. The highest BCUT2D eigenvalue weighted by Gasteiger charge is 2.12. The van der Waals surface area contributed by atoms with Gasteiger partial charge in [0.15, 0.2) is 0 Å². The largest absolute Gasteiger partial charge is 0.480 e. The van der Waals surface area contributed by atoms with Crippen molar-refractivity contribution in [2.75, 3.05) is 26.7 Å². The Morgan fingerprint density at radius 3 is 2.57 bits per heavy atom. The summed E-state index contributed by atoms with van der Waals surface area (Å²) in [6.07, 6.45) is 0.805. The minimum atomic E-state index is -0.923. The molecule has 2 N–H and O–H groups in total. The summed E-state index contributed by atoms with van der Waals surface area (Å²) in [6.45, 7) is 3.47. The molecule has 0 unspecified atom stereocenters. The number of nitrogens with zero attached hydrogens (tertiary/aromatic N) is 1. The van der Waals surface area contributed by atoms with E-state index in [2.05, 4.69) is 5.32 Å². The maximum atomic E-state index is 11.9. The first-order valence-electron chi connectivity index (χ1n) is 7.32. The number of benzene rings is 1. The minimum Gasteiger partial charge on any atom is -0.480 e. The van der Waals surface area contributed by atoms with Gasteiger partial charge in [0.25, 0.3) is 0 Å². The van der Waals surface area contributed by atoms with Crippen LogP contribution in [0.3, 0.4) is 0 Å². The Balaban J connectivity index is 0.00000484. The minimum absolute atomic E-state index is 0. The molecule has 1 aromatic carbocycles. The zero-order valence-electron chi connectivity index (χ0n) is 13.6. The third-order valence-electron chi connectivity index (χ3n) is 3.06. The van der Waals surface area contributed by atoms with Gasteiger partial charge in [-0.05, 0) is 24.1 Å². The molecule has 0 aromatic heterocycles. The fourth-order valence-electron chi connectivity index (χ4n) is 2.18. The molecule has 0 aliphatic rings. The van der Waals surface area contributed by atoms with E-state index in [1.165, 1.54) is 0 Å². The van der Waals surface area contributed by atoms with Gasteiger partial charge in [-0.1, -0.05) is 31.2 Å². The highest BCUT2D eigenvalue weighted by atomic mass is 35.5. The van der Waals surface area contributed by atoms with Gasteiger partial charge in [0.1, 0.15) is 0 Å². The smallest absolute Gasteiger partial charge is 0.317 e. The number of nitrogens with one attached hydrogen (secondary N) is 1. The number of carboxylic acid groups (broad SMARTS) is 1. The summed E-state index contributed by atoms with van der Waals surface area (Å²) in [5, 5.41) is 11.6. The van der Waals surface area contributed by atoms with Gasteiger partial charge in [-0.15, -0.1) is 12.4 Å². The summed E-state index contributed by atoms with van der Waals surface area (Å²) < 4.78 is 5.08. The Bertz CT molecular complexity index is 497. The van der Waals surface area contributed by atoms with E-state index in [1.807, 2.05) is 31.2 Å². The first-order valence-corrected chi connectivity index (χ1v) is 7.32. The van der Waals surface area contributed by atoms with Crippen molar-refractivity contribution in [2.24, 2.45) is 0 Å². The number of aliphatic carboxylic acids is 1. The second-order valence-electron chi connectivity index (χ2n) is 5.13. The fraction of sp³-hybridized carbons (Fsp3) is 0.500. The second-order valence-corrected chi connectivity index (χ2v) is 5.13. The van der Waals surface area contributed by atoms with E-state index < -0.39 is 5.97 Å². The monoisotopic (exact) mass is 344 g/mol. The van der Waals surface area contributed by atoms with Crippen molar-refractivity contribution in [3.05, 3.63) is 35.4 Å². The summed E-state index contributed by atoms with van der Waals surface area (Å²) in [4.78, 5) is 24.3. The van der Waals surface area contributed by atoms with Crippen LogP contribution in [0.25, 0.3) is 0 Å². The van der Waals surface area contributed by atoms with Crippen LogP contribution < -0.4 is 5.32 Å².